The van der Waals surface area contributed by atoms with Gasteiger partial charge in [-0.2, -0.15) is 0 Å². The molecule has 2 heterocycles. The summed E-state index contributed by atoms with van der Waals surface area (Å²) in [6.07, 6.45) is 0. The van der Waals surface area contributed by atoms with E-state index in [1.807, 2.05) is 30.3 Å². The normalized spacial score (nSPS) is 11.8. The van der Waals surface area contributed by atoms with Crippen molar-refractivity contribution in [2.75, 3.05) is 0 Å². The van der Waals surface area contributed by atoms with E-state index in [4.69, 9.17) is 4.98 Å². The highest BCUT2D eigenvalue weighted by molar-refractivity contribution is 6.06. The average molecular weight is 286 g/mol. The van der Waals surface area contributed by atoms with Crippen LogP contribution in [-0.4, -0.2) is 19.9 Å². The summed E-state index contributed by atoms with van der Waals surface area (Å²) < 4.78 is 0. The molecule has 104 valence electrons. The molecule has 0 fully saturated rings. The maximum Gasteiger partial charge on any atom is 0.323 e. The van der Waals surface area contributed by atoms with E-state index in [-0.39, 0.29) is 5.69 Å². The number of aromatic amines is 2. The molecule has 0 amide bonds. The van der Waals surface area contributed by atoms with Gasteiger partial charge in [0, 0.05) is 5.39 Å². The molecular formula is C17H10N4O. The van der Waals surface area contributed by atoms with E-state index >= 15 is 0 Å². The van der Waals surface area contributed by atoms with Crippen LogP contribution < -0.4 is 5.69 Å². The molecule has 0 saturated carbocycles. The quantitative estimate of drug-likeness (QED) is 0.339. The Bertz CT molecular complexity index is 1250. The van der Waals surface area contributed by atoms with Gasteiger partial charge in [-0.1, -0.05) is 30.3 Å². The van der Waals surface area contributed by atoms with Crippen LogP contribution in [0.5, 0.6) is 0 Å². The van der Waals surface area contributed by atoms with E-state index < -0.39 is 0 Å². The lowest BCUT2D eigenvalue weighted by atomic mass is 10.1. The highest BCUT2D eigenvalue weighted by atomic mass is 16.1. The molecule has 0 spiro atoms. The van der Waals surface area contributed by atoms with Crippen molar-refractivity contribution < 1.29 is 0 Å². The van der Waals surface area contributed by atoms with Gasteiger partial charge < -0.3 is 9.97 Å². The molecule has 0 aliphatic heterocycles. The summed E-state index contributed by atoms with van der Waals surface area (Å²) in [5, 5.41) is 2.22. The van der Waals surface area contributed by atoms with Crippen molar-refractivity contribution in [3.05, 3.63) is 59.0 Å². The molecule has 0 atom stereocenters. The van der Waals surface area contributed by atoms with Gasteiger partial charge in [-0.3, -0.25) is 0 Å². The minimum absolute atomic E-state index is 0.222. The van der Waals surface area contributed by atoms with E-state index in [0.717, 1.165) is 43.9 Å². The minimum Gasteiger partial charge on any atom is -0.306 e. The first-order valence-electron chi connectivity index (χ1n) is 6.99. The summed E-state index contributed by atoms with van der Waals surface area (Å²) >= 11 is 0. The van der Waals surface area contributed by atoms with E-state index in [2.05, 4.69) is 33.2 Å². The highest BCUT2D eigenvalue weighted by Crippen LogP contribution is 2.25. The van der Waals surface area contributed by atoms with Crippen LogP contribution in [0.2, 0.25) is 0 Å². The molecule has 0 radical (unpaired) electrons. The molecule has 0 aliphatic rings. The zero-order chi connectivity index (χ0) is 14.7. The van der Waals surface area contributed by atoms with Crippen molar-refractivity contribution in [2.45, 2.75) is 0 Å². The Morgan fingerprint density at radius 1 is 0.773 bits per heavy atom. The first-order valence-corrected chi connectivity index (χ1v) is 6.99. The van der Waals surface area contributed by atoms with Crippen LogP contribution in [0.3, 0.4) is 0 Å². The first-order chi connectivity index (χ1) is 10.8. The van der Waals surface area contributed by atoms with Crippen molar-refractivity contribution in [3.8, 4) is 0 Å². The number of imidazole rings is 1. The minimum atomic E-state index is -0.222. The van der Waals surface area contributed by atoms with Gasteiger partial charge in [0.15, 0.2) is 0 Å². The Morgan fingerprint density at radius 2 is 1.50 bits per heavy atom. The fourth-order valence-corrected chi connectivity index (χ4v) is 2.94. The molecule has 3 aromatic carbocycles. The summed E-state index contributed by atoms with van der Waals surface area (Å²) in [4.78, 5) is 26.4. The third-order valence-corrected chi connectivity index (χ3v) is 3.96. The Morgan fingerprint density at radius 3 is 2.32 bits per heavy atom. The smallest absolute Gasteiger partial charge is 0.306 e. The molecule has 0 bridgehead atoms. The number of fused-ring (bicyclic) bond motifs is 5. The molecule has 2 N–H and O–H groups in total. The molecule has 5 heteroatoms. The van der Waals surface area contributed by atoms with Crippen LogP contribution in [0.15, 0.2) is 53.3 Å². The Hall–Kier alpha value is -3.21. The summed E-state index contributed by atoms with van der Waals surface area (Å²) in [5.41, 5.74) is 4.53. The van der Waals surface area contributed by atoms with E-state index in [0.29, 0.717) is 0 Å². The fraction of sp³-hybridized carbons (Fsp3) is 0. The lowest BCUT2D eigenvalue weighted by Gasteiger charge is -2.04. The number of benzene rings is 3. The number of rotatable bonds is 0. The van der Waals surface area contributed by atoms with Gasteiger partial charge in [0.2, 0.25) is 0 Å². The molecule has 5 nitrogen and oxygen atoms in total. The second-order valence-electron chi connectivity index (χ2n) is 5.34. The number of hydrogen-bond donors (Lipinski definition) is 2. The largest absolute Gasteiger partial charge is 0.323 e. The maximum absolute atomic E-state index is 11.4. The molecule has 0 saturated heterocycles. The average Bonchev–Trinajstić information content (AvgIpc) is 2.89. The van der Waals surface area contributed by atoms with Crippen LogP contribution in [0.1, 0.15) is 0 Å². The molecule has 5 rings (SSSR count). The lowest BCUT2D eigenvalue weighted by molar-refractivity contribution is 1.22. The van der Waals surface area contributed by atoms with Gasteiger partial charge in [0.25, 0.3) is 0 Å². The lowest BCUT2D eigenvalue weighted by Crippen LogP contribution is -1.99. The van der Waals surface area contributed by atoms with Crippen molar-refractivity contribution in [1.82, 2.24) is 19.9 Å². The Labute approximate surface area is 123 Å². The number of aromatic nitrogens is 4. The molecular weight excluding hydrogens is 276 g/mol. The summed E-state index contributed by atoms with van der Waals surface area (Å²) in [5.74, 6) is 0. The van der Waals surface area contributed by atoms with E-state index in [9.17, 15) is 4.79 Å². The second-order valence-corrected chi connectivity index (χ2v) is 5.34. The SMILES string of the molecule is O=c1[nH]c2cc3nc4ccc5ccccc5c4nc3cc2[nH]1. The van der Waals surface area contributed by atoms with E-state index in [1.165, 1.54) is 0 Å². The molecule has 5 aromatic rings. The highest BCUT2D eigenvalue weighted by Gasteiger charge is 2.08. The third kappa shape index (κ3) is 1.50. The molecule has 2 aromatic heterocycles. The van der Waals surface area contributed by atoms with Gasteiger partial charge >= 0.3 is 5.69 Å². The summed E-state index contributed by atoms with van der Waals surface area (Å²) in [6.45, 7) is 0. The topological polar surface area (TPSA) is 74.4 Å². The summed E-state index contributed by atoms with van der Waals surface area (Å²) in [7, 11) is 0. The van der Waals surface area contributed by atoms with Crippen LogP contribution >= 0.6 is 0 Å². The Kier molecular flexibility index (Phi) is 2.04. The van der Waals surface area contributed by atoms with Gasteiger partial charge in [0.1, 0.15) is 0 Å². The molecule has 0 unspecified atom stereocenters. The second kappa shape index (κ2) is 3.92. The van der Waals surface area contributed by atoms with Crippen LogP contribution in [0.25, 0.3) is 43.9 Å². The zero-order valence-electron chi connectivity index (χ0n) is 11.4. The zero-order valence-corrected chi connectivity index (χ0v) is 11.4. The van der Waals surface area contributed by atoms with Crippen molar-refractivity contribution in [2.24, 2.45) is 0 Å². The van der Waals surface area contributed by atoms with E-state index in [1.54, 1.807) is 0 Å². The monoisotopic (exact) mass is 286 g/mol. The number of nitrogens with one attached hydrogen (secondary N) is 2. The summed E-state index contributed by atoms with van der Waals surface area (Å²) in [6, 6.07) is 15.9. The van der Waals surface area contributed by atoms with Crippen LogP contribution in [-0.2, 0) is 0 Å². The fourth-order valence-electron chi connectivity index (χ4n) is 2.94. The van der Waals surface area contributed by atoms with Gasteiger partial charge in [-0.25, -0.2) is 14.8 Å². The molecule has 22 heavy (non-hydrogen) atoms. The maximum atomic E-state index is 11.4. The first kappa shape index (κ1) is 11.4. The molecule has 0 aliphatic carbocycles. The van der Waals surface area contributed by atoms with Crippen molar-refractivity contribution in [1.29, 1.82) is 0 Å². The Balaban J connectivity index is 2.00. The number of hydrogen-bond acceptors (Lipinski definition) is 3. The predicted octanol–water partition coefficient (Wildman–Crippen LogP) is 3.11. The van der Waals surface area contributed by atoms with Crippen LogP contribution in [0.4, 0.5) is 0 Å². The standard InChI is InChI=1S/C17H10N4O/c22-17-20-14-7-12-13(8-15(14)21-17)19-16-10-4-2-1-3-9(10)5-6-11(16)18-12/h1-8H,(H2,20,21,22). The van der Waals surface area contributed by atoms with Gasteiger partial charge in [0.05, 0.1) is 33.1 Å². The number of H-pyrrole nitrogens is 2. The van der Waals surface area contributed by atoms with Gasteiger partial charge in [-0.15, -0.1) is 0 Å². The van der Waals surface area contributed by atoms with Crippen LogP contribution in [0, 0.1) is 0 Å². The van der Waals surface area contributed by atoms with Crippen molar-refractivity contribution >= 4 is 43.9 Å². The van der Waals surface area contributed by atoms with Gasteiger partial charge in [-0.05, 0) is 23.6 Å². The number of nitrogens with zero attached hydrogens (tertiary/aromatic N) is 2. The predicted molar refractivity (Wildman–Crippen MR) is 87.0 cm³/mol. The van der Waals surface area contributed by atoms with Crippen molar-refractivity contribution in [3.63, 3.8) is 0 Å². The third-order valence-electron chi connectivity index (χ3n) is 3.96.